The first-order valence-corrected chi connectivity index (χ1v) is 7.77. The first-order chi connectivity index (χ1) is 8.47. The van der Waals surface area contributed by atoms with Crippen molar-refractivity contribution >= 4 is 10.0 Å². The normalized spacial score (nSPS) is 20.9. The second kappa shape index (κ2) is 5.38. The van der Waals surface area contributed by atoms with Crippen LogP contribution < -0.4 is 10.0 Å². The average Bonchev–Trinajstić information content (AvgIpc) is 2.28. The van der Waals surface area contributed by atoms with Gasteiger partial charge in [-0.15, -0.1) is 0 Å². The van der Waals surface area contributed by atoms with Gasteiger partial charge in [0.05, 0.1) is 4.90 Å². The largest absolute Gasteiger partial charge is 0.315 e. The highest BCUT2D eigenvalue weighted by Gasteiger charge is 2.21. The van der Waals surface area contributed by atoms with E-state index in [2.05, 4.69) is 10.0 Å². The van der Waals surface area contributed by atoms with E-state index in [9.17, 15) is 8.42 Å². The standard InChI is InChI=1S/C13H20N2O2S/c1-10-6-11(2)8-13(7-10)18(16,17)15-12-4-3-5-14-9-12/h6-8,12,14-15H,3-5,9H2,1-2H3/t12-/m0/s1. The van der Waals surface area contributed by atoms with Gasteiger partial charge < -0.3 is 5.32 Å². The van der Waals surface area contributed by atoms with Gasteiger partial charge in [-0.25, -0.2) is 13.1 Å². The highest BCUT2D eigenvalue weighted by Crippen LogP contribution is 2.15. The molecule has 1 heterocycles. The number of nitrogens with one attached hydrogen (secondary N) is 2. The molecule has 0 unspecified atom stereocenters. The van der Waals surface area contributed by atoms with Crippen molar-refractivity contribution < 1.29 is 8.42 Å². The van der Waals surface area contributed by atoms with Gasteiger partial charge in [-0.2, -0.15) is 0 Å². The van der Waals surface area contributed by atoms with E-state index >= 15 is 0 Å². The average molecular weight is 268 g/mol. The molecule has 1 aromatic rings. The fraction of sp³-hybridized carbons (Fsp3) is 0.538. The molecule has 0 spiro atoms. The lowest BCUT2D eigenvalue weighted by atomic mass is 10.1. The lowest BCUT2D eigenvalue weighted by Crippen LogP contribution is -2.45. The maximum Gasteiger partial charge on any atom is 0.240 e. The molecule has 1 aliphatic rings. The quantitative estimate of drug-likeness (QED) is 0.869. The third-order valence-corrected chi connectivity index (χ3v) is 4.62. The van der Waals surface area contributed by atoms with E-state index in [0.29, 0.717) is 11.4 Å². The summed E-state index contributed by atoms with van der Waals surface area (Å²) in [7, 11) is -3.39. The zero-order chi connectivity index (χ0) is 13.2. The molecule has 0 aliphatic carbocycles. The van der Waals surface area contributed by atoms with Crippen molar-refractivity contribution in [3.05, 3.63) is 29.3 Å². The first-order valence-electron chi connectivity index (χ1n) is 6.29. The van der Waals surface area contributed by atoms with Crippen LogP contribution in [-0.4, -0.2) is 27.5 Å². The minimum atomic E-state index is -3.39. The molecule has 0 saturated carbocycles. The van der Waals surface area contributed by atoms with Crippen molar-refractivity contribution in [1.82, 2.24) is 10.0 Å². The van der Waals surface area contributed by atoms with E-state index in [0.717, 1.165) is 30.5 Å². The van der Waals surface area contributed by atoms with Gasteiger partial charge in [0, 0.05) is 12.6 Å². The number of rotatable bonds is 3. The molecule has 2 rings (SSSR count). The summed E-state index contributed by atoms with van der Waals surface area (Å²) in [6.45, 7) is 5.51. The topological polar surface area (TPSA) is 58.2 Å². The number of benzene rings is 1. The molecule has 1 aromatic carbocycles. The van der Waals surface area contributed by atoms with Crippen molar-refractivity contribution in [3.8, 4) is 0 Å². The lowest BCUT2D eigenvalue weighted by molar-refractivity contribution is 0.428. The predicted molar refractivity (Wildman–Crippen MR) is 72.1 cm³/mol. The molecule has 1 atom stereocenters. The van der Waals surface area contributed by atoms with Crippen molar-refractivity contribution in [2.75, 3.05) is 13.1 Å². The number of piperidine rings is 1. The summed E-state index contributed by atoms with van der Waals surface area (Å²) in [5.41, 5.74) is 1.94. The molecule has 2 N–H and O–H groups in total. The second-order valence-corrected chi connectivity index (χ2v) is 6.70. The summed E-state index contributed by atoms with van der Waals surface area (Å²) in [5, 5.41) is 3.20. The Kier molecular flexibility index (Phi) is 4.04. The molecule has 1 saturated heterocycles. The molecule has 18 heavy (non-hydrogen) atoms. The Morgan fingerprint density at radius 2 is 1.89 bits per heavy atom. The van der Waals surface area contributed by atoms with Gasteiger partial charge in [-0.1, -0.05) is 6.07 Å². The lowest BCUT2D eigenvalue weighted by Gasteiger charge is -2.23. The van der Waals surface area contributed by atoms with E-state index in [1.807, 2.05) is 19.9 Å². The zero-order valence-electron chi connectivity index (χ0n) is 10.9. The minimum Gasteiger partial charge on any atom is -0.315 e. The highest BCUT2D eigenvalue weighted by atomic mass is 32.2. The Morgan fingerprint density at radius 3 is 2.44 bits per heavy atom. The van der Waals surface area contributed by atoms with Gasteiger partial charge in [0.15, 0.2) is 0 Å². The first kappa shape index (κ1) is 13.5. The van der Waals surface area contributed by atoms with E-state index in [4.69, 9.17) is 0 Å². The highest BCUT2D eigenvalue weighted by molar-refractivity contribution is 7.89. The van der Waals surface area contributed by atoms with Crippen LogP contribution >= 0.6 is 0 Å². The molecule has 4 nitrogen and oxygen atoms in total. The van der Waals surface area contributed by atoms with Crippen LogP contribution in [0.25, 0.3) is 0 Å². The summed E-state index contributed by atoms with van der Waals surface area (Å²) < 4.78 is 27.3. The molecule has 1 fully saturated rings. The van der Waals surface area contributed by atoms with Crippen LogP contribution in [0, 0.1) is 13.8 Å². The Bertz CT molecular complexity index is 500. The molecule has 1 aliphatic heterocycles. The monoisotopic (exact) mass is 268 g/mol. The van der Waals surface area contributed by atoms with Gasteiger partial charge in [-0.3, -0.25) is 0 Å². The number of sulfonamides is 1. The molecule has 0 amide bonds. The van der Waals surface area contributed by atoms with Crippen LogP contribution in [0.5, 0.6) is 0 Å². The van der Waals surface area contributed by atoms with Crippen molar-refractivity contribution in [2.24, 2.45) is 0 Å². The van der Waals surface area contributed by atoms with Crippen LogP contribution in [0.2, 0.25) is 0 Å². The molecule has 0 radical (unpaired) electrons. The van der Waals surface area contributed by atoms with E-state index in [1.165, 1.54) is 0 Å². The Balaban J connectivity index is 2.19. The Hall–Kier alpha value is -0.910. The number of hydrogen-bond acceptors (Lipinski definition) is 3. The van der Waals surface area contributed by atoms with E-state index in [-0.39, 0.29) is 6.04 Å². The van der Waals surface area contributed by atoms with Crippen molar-refractivity contribution in [2.45, 2.75) is 37.6 Å². The van der Waals surface area contributed by atoms with Crippen LogP contribution in [0.4, 0.5) is 0 Å². The van der Waals surface area contributed by atoms with Gasteiger partial charge >= 0.3 is 0 Å². The molecule has 0 bridgehead atoms. The van der Waals surface area contributed by atoms with Gasteiger partial charge in [0.1, 0.15) is 0 Å². The molecule has 0 aromatic heterocycles. The van der Waals surface area contributed by atoms with Crippen LogP contribution in [0.3, 0.4) is 0 Å². The Morgan fingerprint density at radius 1 is 1.22 bits per heavy atom. The third-order valence-electron chi connectivity index (χ3n) is 3.12. The molecule has 5 heteroatoms. The van der Waals surface area contributed by atoms with Crippen molar-refractivity contribution in [1.29, 1.82) is 0 Å². The fourth-order valence-electron chi connectivity index (χ4n) is 2.33. The number of aryl methyl sites for hydroxylation is 2. The Labute approximate surface area is 109 Å². The molecular formula is C13H20N2O2S. The maximum absolute atomic E-state index is 12.3. The summed E-state index contributed by atoms with van der Waals surface area (Å²) >= 11 is 0. The fourth-order valence-corrected chi connectivity index (χ4v) is 3.79. The van der Waals surface area contributed by atoms with Crippen LogP contribution in [-0.2, 0) is 10.0 Å². The third kappa shape index (κ3) is 3.31. The zero-order valence-corrected chi connectivity index (χ0v) is 11.7. The van der Waals surface area contributed by atoms with E-state index in [1.54, 1.807) is 12.1 Å². The van der Waals surface area contributed by atoms with Crippen molar-refractivity contribution in [3.63, 3.8) is 0 Å². The molecular weight excluding hydrogens is 248 g/mol. The summed E-state index contributed by atoms with van der Waals surface area (Å²) in [4.78, 5) is 0.366. The summed E-state index contributed by atoms with van der Waals surface area (Å²) in [6.07, 6.45) is 1.91. The second-order valence-electron chi connectivity index (χ2n) is 4.99. The van der Waals surface area contributed by atoms with E-state index < -0.39 is 10.0 Å². The van der Waals surface area contributed by atoms with Crippen LogP contribution in [0.1, 0.15) is 24.0 Å². The summed E-state index contributed by atoms with van der Waals surface area (Å²) in [6, 6.07) is 5.41. The van der Waals surface area contributed by atoms with Crippen LogP contribution in [0.15, 0.2) is 23.1 Å². The minimum absolute atomic E-state index is 0.00423. The summed E-state index contributed by atoms with van der Waals surface area (Å²) in [5.74, 6) is 0. The maximum atomic E-state index is 12.3. The van der Waals surface area contributed by atoms with Gasteiger partial charge in [-0.05, 0) is 56.5 Å². The van der Waals surface area contributed by atoms with Gasteiger partial charge in [0.2, 0.25) is 10.0 Å². The SMILES string of the molecule is Cc1cc(C)cc(S(=O)(=O)N[C@H]2CCCNC2)c1. The van der Waals surface area contributed by atoms with Gasteiger partial charge in [0.25, 0.3) is 0 Å². The number of hydrogen-bond donors (Lipinski definition) is 2. The predicted octanol–water partition coefficient (Wildman–Crippen LogP) is 1.33. The molecule has 100 valence electrons. The smallest absolute Gasteiger partial charge is 0.240 e.